The van der Waals surface area contributed by atoms with Crippen LogP contribution in [0.1, 0.15) is 34.0 Å². The number of benzene rings is 2. The number of aryl methyl sites for hydroxylation is 3. The Morgan fingerprint density at radius 3 is 2.39 bits per heavy atom. The van der Waals surface area contributed by atoms with Gasteiger partial charge in [-0.15, -0.1) is 0 Å². The summed E-state index contributed by atoms with van der Waals surface area (Å²) < 4.78 is 5.24. The largest absolute Gasteiger partial charge is 0.449 e. The van der Waals surface area contributed by atoms with Gasteiger partial charge in [-0.05, 0) is 57.0 Å². The molecular formula is C19H21NO3. The van der Waals surface area contributed by atoms with Crippen LogP contribution in [0.5, 0.6) is 0 Å². The van der Waals surface area contributed by atoms with Crippen molar-refractivity contribution in [3.63, 3.8) is 0 Å². The summed E-state index contributed by atoms with van der Waals surface area (Å²) in [7, 11) is 0. The predicted octanol–water partition coefficient (Wildman–Crippen LogP) is 3.80. The van der Waals surface area contributed by atoms with E-state index in [1.54, 1.807) is 25.1 Å². The Hall–Kier alpha value is -2.62. The van der Waals surface area contributed by atoms with E-state index in [1.165, 1.54) is 0 Å². The van der Waals surface area contributed by atoms with Crippen LogP contribution in [0, 0.1) is 20.8 Å². The Kier molecular flexibility index (Phi) is 5.16. The molecule has 1 N–H and O–H groups in total. The first-order valence-corrected chi connectivity index (χ1v) is 7.52. The molecule has 23 heavy (non-hydrogen) atoms. The normalized spacial score (nSPS) is 11.7. The predicted molar refractivity (Wildman–Crippen MR) is 90.6 cm³/mol. The van der Waals surface area contributed by atoms with Crippen LogP contribution in [-0.4, -0.2) is 18.0 Å². The van der Waals surface area contributed by atoms with Gasteiger partial charge in [0.25, 0.3) is 5.91 Å². The van der Waals surface area contributed by atoms with E-state index in [1.807, 2.05) is 45.0 Å². The van der Waals surface area contributed by atoms with Gasteiger partial charge in [0, 0.05) is 5.69 Å². The molecule has 0 aromatic heterocycles. The monoisotopic (exact) mass is 311 g/mol. The molecule has 1 amide bonds. The zero-order valence-corrected chi connectivity index (χ0v) is 13.8. The Morgan fingerprint density at radius 2 is 1.70 bits per heavy atom. The number of carbonyl (C=O) groups is 2. The van der Waals surface area contributed by atoms with Crippen molar-refractivity contribution in [2.75, 3.05) is 5.32 Å². The van der Waals surface area contributed by atoms with Crippen molar-refractivity contribution in [1.82, 2.24) is 0 Å². The fraction of sp³-hybridized carbons (Fsp3) is 0.263. The zero-order valence-electron chi connectivity index (χ0n) is 13.8. The molecule has 0 heterocycles. The maximum absolute atomic E-state index is 12.2. The first kappa shape index (κ1) is 16.7. The number of hydrogen-bond donors (Lipinski definition) is 1. The molecule has 4 heteroatoms. The number of rotatable bonds is 4. The highest BCUT2D eigenvalue weighted by molar-refractivity contribution is 5.97. The van der Waals surface area contributed by atoms with Crippen molar-refractivity contribution in [2.45, 2.75) is 33.8 Å². The molecule has 1 atom stereocenters. The van der Waals surface area contributed by atoms with E-state index in [0.29, 0.717) is 5.56 Å². The molecule has 4 nitrogen and oxygen atoms in total. The lowest BCUT2D eigenvalue weighted by Gasteiger charge is -2.15. The third kappa shape index (κ3) is 4.42. The number of anilines is 1. The molecule has 2 rings (SSSR count). The number of amides is 1. The van der Waals surface area contributed by atoms with E-state index in [0.717, 1.165) is 22.4 Å². The number of esters is 1. The average molecular weight is 311 g/mol. The SMILES string of the molecule is Cc1cccc(C(=O)O[C@H](C)C(=O)Nc2cc(C)ccc2C)c1. The maximum atomic E-state index is 12.2. The lowest BCUT2D eigenvalue weighted by Crippen LogP contribution is -2.30. The highest BCUT2D eigenvalue weighted by Gasteiger charge is 2.19. The molecule has 0 saturated heterocycles. The molecule has 2 aromatic carbocycles. The summed E-state index contributed by atoms with van der Waals surface area (Å²) in [4.78, 5) is 24.3. The fourth-order valence-electron chi connectivity index (χ4n) is 2.16. The topological polar surface area (TPSA) is 55.4 Å². The molecule has 0 aliphatic rings. The second-order valence-corrected chi connectivity index (χ2v) is 5.72. The van der Waals surface area contributed by atoms with E-state index in [-0.39, 0.29) is 5.91 Å². The number of ether oxygens (including phenoxy) is 1. The molecular weight excluding hydrogens is 290 g/mol. The van der Waals surface area contributed by atoms with Crippen molar-refractivity contribution in [3.05, 3.63) is 64.7 Å². The van der Waals surface area contributed by atoms with Gasteiger partial charge in [-0.1, -0.05) is 29.8 Å². The quantitative estimate of drug-likeness (QED) is 0.874. The minimum atomic E-state index is -0.872. The lowest BCUT2D eigenvalue weighted by atomic mass is 10.1. The standard InChI is InChI=1S/C19H21NO3/c1-12-6-5-7-16(10-12)19(22)23-15(4)18(21)20-17-11-13(2)8-9-14(17)3/h5-11,15H,1-4H3,(H,20,21)/t15-/m1/s1. The molecule has 0 saturated carbocycles. The van der Waals surface area contributed by atoms with Crippen molar-refractivity contribution in [1.29, 1.82) is 0 Å². The van der Waals surface area contributed by atoms with Gasteiger partial charge in [-0.25, -0.2) is 4.79 Å². The van der Waals surface area contributed by atoms with Crippen LogP contribution in [0.25, 0.3) is 0 Å². The Morgan fingerprint density at radius 1 is 1.00 bits per heavy atom. The summed E-state index contributed by atoms with van der Waals surface area (Å²) in [6, 6.07) is 12.9. The highest BCUT2D eigenvalue weighted by atomic mass is 16.5. The summed E-state index contributed by atoms with van der Waals surface area (Å²) in [5, 5.41) is 2.80. The summed E-state index contributed by atoms with van der Waals surface area (Å²) in [6.07, 6.45) is -0.872. The van der Waals surface area contributed by atoms with Crippen molar-refractivity contribution < 1.29 is 14.3 Å². The van der Waals surface area contributed by atoms with E-state index in [9.17, 15) is 9.59 Å². The lowest BCUT2D eigenvalue weighted by molar-refractivity contribution is -0.123. The minimum absolute atomic E-state index is 0.347. The van der Waals surface area contributed by atoms with E-state index in [2.05, 4.69) is 5.32 Å². The first-order valence-electron chi connectivity index (χ1n) is 7.52. The third-order valence-corrected chi connectivity index (χ3v) is 3.56. The maximum Gasteiger partial charge on any atom is 0.338 e. The molecule has 0 radical (unpaired) electrons. The molecule has 0 aliphatic carbocycles. The molecule has 0 fully saturated rings. The molecule has 0 aliphatic heterocycles. The summed E-state index contributed by atoms with van der Waals surface area (Å²) in [5.74, 6) is -0.850. The Labute approximate surface area is 136 Å². The second-order valence-electron chi connectivity index (χ2n) is 5.72. The van der Waals surface area contributed by atoms with Crippen molar-refractivity contribution in [2.24, 2.45) is 0 Å². The smallest absolute Gasteiger partial charge is 0.338 e. The summed E-state index contributed by atoms with van der Waals surface area (Å²) in [6.45, 7) is 7.33. The van der Waals surface area contributed by atoms with Crippen LogP contribution in [0.4, 0.5) is 5.69 Å². The number of carbonyl (C=O) groups excluding carboxylic acids is 2. The fourth-order valence-corrected chi connectivity index (χ4v) is 2.16. The van der Waals surface area contributed by atoms with Gasteiger partial charge in [-0.3, -0.25) is 4.79 Å². The van der Waals surface area contributed by atoms with Crippen LogP contribution in [-0.2, 0) is 9.53 Å². The third-order valence-electron chi connectivity index (χ3n) is 3.56. The zero-order chi connectivity index (χ0) is 17.0. The van der Waals surface area contributed by atoms with Crippen LogP contribution >= 0.6 is 0 Å². The minimum Gasteiger partial charge on any atom is -0.449 e. The summed E-state index contributed by atoms with van der Waals surface area (Å²) >= 11 is 0. The van der Waals surface area contributed by atoms with E-state index < -0.39 is 12.1 Å². The first-order chi connectivity index (χ1) is 10.9. The van der Waals surface area contributed by atoms with Gasteiger partial charge >= 0.3 is 5.97 Å². The highest BCUT2D eigenvalue weighted by Crippen LogP contribution is 2.17. The molecule has 120 valence electrons. The Bertz CT molecular complexity index is 737. The van der Waals surface area contributed by atoms with Gasteiger partial charge in [0.1, 0.15) is 0 Å². The second kappa shape index (κ2) is 7.09. The molecule has 0 spiro atoms. The van der Waals surface area contributed by atoms with Gasteiger partial charge in [0.15, 0.2) is 6.10 Å². The molecule has 0 unspecified atom stereocenters. The van der Waals surface area contributed by atoms with E-state index in [4.69, 9.17) is 4.74 Å². The van der Waals surface area contributed by atoms with Crippen LogP contribution in [0.3, 0.4) is 0 Å². The average Bonchev–Trinajstić information content (AvgIpc) is 2.50. The van der Waals surface area contributed by atoms with Gasteiger partial charge in [0.05, 0.1) is 5.56 Å². The number of hydrogen-bond acceptors (Lipinski definition) is 3. The van der Waals surface area contributed by atoms with Gasteiger partial charge in [0.2, 0.25) is 0 Å². The van der Waals surface area contributed by atoms with Crippen LogP contribution < -0.4 is 5.32 Å². The molecule has 2 aromatic rings. The van der Waals surface area contributed by atoms with Crippen molar-refractivity contribution >= 4 is 17.6 Å². The van der Waals surface area contributed by atoms with Gasteiger partial charge < -0.3 is 10.1 Å². The number of nitrogens with one attached hydrogen (secondary N) is 1. The molecule has 0 bridgehead atoms. The Balaban J connectivity index is 2.02. The van der Waals surface area contributed by atoms with Crippen LogP contribution in [0.15, 0.2) is 42.5 Å². The van der Waals surface area contributed by atoms with E-state index >= 15 is 0 Å². The van der Waals surface area contributed by atoms with Crippen LogP contribution in [0.2, 0.25) is 0 Å². The summed E-state index contributed by atoms with van der Waals surface area (Å²) in [5.41, 5.74) is 4.15. The van der Waals surface area contributed by atoms with Crippen molar-refractivity contribution in [3.8, 4) is 0 Å². The van der Waals surface area contributed by atoms with Gasteiger partial charge in [-0.2, -0.15) is 0 Å².